The van der Waals surface area contributed by atoms with Gasteiger partial charge in [0.25, 0.3) is 11.8 Å². The molecule has 138 valence electrons. The van der Waals surface area contributed by atoms with Gasteiger partial charge in [0, 0.05) is 32.1 Å². The predicted octanol–water partition coefficient (Wildman–Crippen LogP) is 1.88. The second-order valence-corrected chi connectivity index (χ2v) is 7.04. The Labute approximate surface area is 155 Å². The number of rotatable bonds is 6. The van der Waals surface area contributed by atoms with Gasteiger partial charge in [0.15, 0.2) is 5.76 Å². The van der Waals surface area contributed by atoms with E-state index < -0.39 is 0 Å². The third-order valence-corrected chi connectivity index (χ3v) is 5.13. The van der Waals surface area contributed by atoms with Crippen LogP contribution in [0.25, 0.3) is 0 Å². The molecule has 0 bridgehead atoms. The minimum atomic E-state index is -0.155. The van der Waals surface area contributed by atoms with Crippen molar-refractivity contribution >= 4 is 29.1 Å². The molecule has 1 saturated heterocycles. The largest absolute Gasteiger partial charge is 0.459 e. The number of hydrogen-bond acceptors (Lipinski definition) is 5. The van der Waals surface area contributed by atoms with Crippen LogP contribution in [0.5, 0.6) is 0 Å². The molecule has 1 aliphatic heterocycles. The van der Waals surface area contributed by atoms with Gasteiger partial charge in [0.2, 0.25) is 5.91 Å². The van der Waals surface area contributed by atoms with Crippen LogP contribution in [0.1, 0.15) is 39.5 Å². The zero-order valence-electron chi connectivity index (χ0n) is 14.3. The monoisotopic (exact) mass is 375 g/mol. The molecule has 3 heterocycles. The number of thiophene rings is 1. The Balaban J connectivity index is 1.34. The van der Waals surface area contributed by atoms with Crippen LogP contribution in [0.4, 0.5) is 0 Å². The van der Waals surface area contributed by atoms with Crippen LogP contribution >= 0.6 is 11.3 Å². The molecule has 1 aliphatic rings. The molecule has 2 aromatic heterocycles. The highest BCUT2D eigenvalue weighted by atomic mass is 32.1. The van der Waals surface area contributed by atoms with Gasteiger partial charge in [-0.15, -0.1) is 11.3 Å². The molecule has 0 unspecified atom stereocenters. The van der Waals surface area contributed by atoms with Crippen molar-refractivity contribution in [2.24, 2.45) is 0 Å². The van der Waals surface area contributed by atoms with Gasteiger partial charge in [-0.1, -0.05) is 6.07 Å². The van der Waals surface area contributed by atoms with E-state index in [1.165, 1.54) is 17.6 Å². The van der Waals surface area contributed by atoms with Crippen LogP contribution < -0.4 is 10.6 Å². The molecular weight excluding hydrogens is 354 g/mol. The van der Waals surface area contributed by atoms with Crippen LogP contribution in [-0.4, -0.2) is 48.3 Å². The summed E-state index contributed by atoms with van der Waals surface area (Å²) in [5.41, 5.74) is 0. The summed E-state index contributed by atoms with van der Waals surface area (Å²) in [6.07, 6.45) is 3.14. The third kappa shape index (κ3) is 4.72. The van der Waals surface area contributed by atoms with Gasteiger partial charge >= 0.3 is 0 Å². The highest BCUT2D eigenvalue weighted by Gasteiger charge is 2.25. The summed E-state index contributed by atoms with van der Waals surface area (Å²) in [4.78, 5) is 38.4. The summed E-state index contributed by atoms with van der Waals surface area (Å²) >= 11 is 1.37. The van der Waals surface area contributed by atoms with E-state index in [-0.39, 0.29) is 30.2 Å². The molecule has 1 fully saturated rings. The zero-order chi connectivity index (χ0) is 18.4. The van der Waals surface area contributed by atoms with Crippen LogP contribution in [0, 0.1) is 0 Å². The number of carbonyl (C=O) groups excluding carboxylic acids is 3. The number of piperidine rings is 1. The normalized spacial score (nSPS) is 14.8. The standard InChI is InChI=1S/C18H21N3O4S/c22-16(5-8-19-17(23)15-4-2-12-26-15)20-13-6-9-21(10-7-13)18(24)14-3-1-11-25-14/h1-4,11-13H,5-10H2,(H,19,23)(H,20,22). The fourth-order valence-corrected chi connectivity index (χ4v) is 3.51. The Morgan fingerprint density at radius 2 is 2.00 bits per heavy atom. The van der Waals surface area contributed by atoms with Crippen molar-refractivity contribution < 1.29 is 18.8 Å². The number of amides is 3. The summed E-state index contributed by atoms with van der Waals surface area (Å²) in [6, 6.07) is 6.96. The Kier molecular flexibility index (Phi) is 6.06. The van der Waals surface area contributed by atoms with E-state index in [1.54, 1.807) is 23.1 Å². The van der Waals surface area contributed by atoms with Gasteiger partial charge in [0.05, 0.1) is 11.1 Å². The first kappa shape index (κ1) is 18.2. The highest BCUT2D eigenvalue weighted by molar-refractivity contribution is 7.12. The molecule has 3 amide bonds. The molecule has 0 radical (unpaired) electrons. The topological polar surface area (TPSA) is 91.7 Å². The Morgan fingerprint density at radius 3 is 2.65 bits per heavy atom. The van der Waals surface area contributed by atoms with Crippen molar-refractivity contribution in [3.8, 4) is 0 Å². The third-order valence-electron chi connectivity index (χ3n) is 4.26. The number of nitrogens with zero attached hydrogens (tertiary/aromatic N) is 1. The Hall–Kier alpha value is -2.61. The van der Waals surface area contributed by atoms with Crippen LogP contribution in [0.2, 0.25) is 0 Å². The molecule has 7 nitrogen and oxygen atoms in total. The van der Waals surface area contributed by atoms with E-state index >= 15 is 0 Å². The molecule has 0 atom stereocenters. The average molecular weight is 375 g/mol. The van der Waals surface area contributed by atoms with Gasteiger partial charge in [-0.25, -0.2) is 0 Å². The summed E-state index contributed by atoms with van der Waals surface area (Å²) < 4.78 is 5.14. The molecule has 0 spiro atoms. The maximum absolute atomic E-state index is 12.2. The smallest absolute Gasteiger partial charge is 0.289 e. The summed E-state index contributed by atoms with van der Waals surface area (Å²) in [6.45, 7) is 1.47. The van der Waals surface area contributed by atoms with Gasteiger partial charge in [-0.3, -0.25) is 14.4 Å². The zero-order valence-corrected chi connectivity index (χ0v) is 15.1. The van der Waals surface area contributed by atoms with Crippen molar-refractivity contribution in [1.29, 1.82) is 0 Å². The van der Waals surface area contributed by atoms with Crippen LogP contribution in [0.3, 0.4) is 0 Å². The van der Waals surface area contributed by atoms with E-state index in [0.717, 1.165) is 0 Å². The molecular formula is C18H21N3O4S. The summed E-state index contributed by atoms with van der Waals surface area (Å²) in [5.74, 6) is -0.0186. The number of furan rings is 1. The lowest BCUT2D eigenvalue weighted by Crippen LogP contribution is -2.46. The molecule has 0 saturated carbocycles. The van der Waals surface area contributed by atoms with Gasteiger partial charge in [0.1, 0.15) is 0 Å². The molecule has 0 aromatic carbocycles. The summed E-state index contributed by atoms with van der Waals surface area (Å²) in [7, 11) is 0. The van der Waals surface area contributed by atoms with Crippen LogP contribution in [0.15, 0.2) is 40.3 Å². The minimum Gasteiger partial charge on any atom is -0.459 e. The first-order chi connectivity index (χ1) is 12.6. The Morgan fingerprint density at radius 1 is 1.19 bits per heavy atom. The van der Waals surface area contributed by atoms with Gasteiger partial charge < -0.3 is 20.0 Å². The van der Waals surface area contributed by atoms with E-state index in [4.69, 9.17) is 4.42 Å². The van der Waals surface area contributed by atoms with Gasteiger partial charge in [-0.05, 0) is 36.4 Å². The van der Waals surface area contributed by atoms with Crippen molar-refractivity contribution in [3.05, 3.63) is 46.5 Å². The maximum Gasteiger partial charge on any atom is 0.289 e. The van der Waals surface area contributed by atoms with E-state index in [2.05, 4.69) is 10.6 Å². The lowest BCUT2D eigenvalue weighted by molar-refractivity contribution is -0.121. The minimum absolute atomic E-state index is 0.0520. The fourth-order valence-electron chi connectivity index (χ4n) is 2.87. The van der Waals surface area contributed by atoms with Crippen molar-refractivity contribution in [1.82, 2.24) is 15.5 Å². The van der Waals surface area contributed by atoms with Crippen molar-refractivity contribution in [2.45, 2.75) is 25.3 Å². The Bertz CT molecular complexity index is 735. The second kappa shape index (κ2) is 8.66. The van der Waals surface area contributed by atoms with Crippen molar-refractivity contribution in [2.75, 3.05) is 19.6 Å². The highest BCUT2D eigenvalue weighted by Crippen LogP contribution is 2.14. The number of hydrogen-bond donors (Lipinski definition) is 2. The van der Waals surface area contributed by atoms with E-state index in [1.807, 2.05) is 11.4 Å². The quantitative estimate of drug-likeness (QED) is 0.806. The lowest BCUT2D eigenvalue weighted by Gasteiger charge is -2.31. The van der Waals surface area contributed by atoms with E-state index in [9.17, 15) is 14.4 Å². The average Bonchev–Trinajstić information content (AvgIpc) is 3.35. The molecule has 26 heavy (non-hydrogen) atoms. The molecule has 2 aromatic rings. The number of nitrogens with one attached hydrogen (secondary N) is 2. The van der Waals surface area contributed by atoms with Gasteiger partial charge in [-0.2, -0.15) is 0 Å². The second-order valence-electron chi connectivity index (χ2n) is 6.09. The summed E-state index contributed by atoms with van der Waals surface area (Å²) in [5, 5.41) is 7.55. The first-order valence-corrected chi connectivity index (χ1v) is 9.45. The molecule has 8 heteroatoms. The molecule has 2 N–H and O–H groups in total. The van der Waals surface area contributed by atoms with E-state index in [0.29, 0.717) is 43.1 Å². The maximum atomic E-state index is 12.2. The first-order valence-electron chi connectivity index (χ1n) is 8.57. The number of likely N-dealkylation sites (tertiary alicyclic amines) is 1. The molecule has 3 rings (SSSR count). The fraction of sp³-hybridized carbons (Fsp3) is 0.389. The predicted molar refractivity (Wildman–Crippen MR) is 97.0 cm³/mol. The molecule has 0 aliphatic carbocycles. The SMILES string of the molecule is O=C(CCNC(=O)c1cccs1)NC1CCN(C(=O)c2ccco2)CC1. The lowest BCUT2D eigenvalue weighted by atomic mass is 10.0. The van der Waals surface area contributed by atoms with Crippen molar-refractivity contribution in [3.63, 3.8) is 0 Å². The van der Waals surface area contributed by atoms with Crippen LogP contribution in [-0.2, 0) is 4.79 Å². The number of carbonyl (C=O) groups is 3.